The lowest BCUT2D eigenvalue weighted by Gasteiger charge is -2.36. The predicted octanol–water partition coefficient (Wildman–Crippen LogP) is 0.713. The maximum Gasteiger partial charge on any atom is 0.260 e. The average Bonchev–Trinajstić information content (AvgIpc) is 2.76. The third-order valence-electron chi connectivity index (χ3n) is 3.31. The van der Waals surface area contributed by atoms with Gasteiger partial charge in [-0.3, -0.25) is 5.10 Å². The van der Waals surface area contributed by atoms with Crippen molar-refractivity contribution >= 4 is 10.0 Å². The fourth-order valence-electron chi connectivity index (χ4n) is 2.34. The molecule has 0 unspecified atom stereocenters. The quantitative estimate of drug-likeness (QED) is 0.849. The van der Waals surface area contributed by atoms with Gasteiger partial charge >= 0.3 is 0 Å². The van der Waals surface area contributed by atoms with Crippen LogP contribution in [0.25, 0.3) is 0 Å². The minimum atomic E-state index is -3.58. The van der Waals surface area contributed by atoms with Gasteiger partial charge in [0.2, 0.25) is 0 Å². The Kier molecular flexibility index (Phi) is 3.48. The lowest BCUT2D eigenvalue weighted by molar-refractivity contribution is 0.186. The van der Waals surface area contributed by atoms with E-state index in [4.69, 9.17) is 5.11 Å². The Labute approximate surface area is 107 Å². The van der Waals surface area contributed by atoms with Crippen LogP contribution in [0.15, 0.2) is 11.2 Å². The second-order valence-electron chi connectivity index (χ2n) is 5.49. The summed E-state index contributed by atoms with van der Waals surface area (Å²) >= 11 is 0. The maximum atomic E-state index is 12.5. The molecule has 0 spiro atoms. The third-order valence-corrected chi connectivity index (χ3v) is 5.17. The van der Waals surface area contributed by atoms with Gasteiger partial charge < -0.3 is 5.11 Å². The van der Waals surface area contributed by atoms with Crippen LogP contribution in [0.2, 0.25) is 0 Å². The number of sulfonamides is 1. The molecule has 0 aliphatic carbocycles. The Morgan fingerprint density at radius 3 is 2.89 bits per heavy atom. The largest absolute Gasteiger partial charge is 0.392 e. The fraction of sp³-hybridized carbons (Fsp3) is 0.727. The molecule has 0 bridgehead atoms. The van der Waals surface area contributed by atoms with Crippen molar-refractivity contribution in [3.63, 3.8) is 0 Å². The van der Waals surface area contributed by atoms with Crippen LogP contribution < -0.4 is 0 Å². The summed E-state index contributed by atoms with van der Waals surface area (Å²) < 4.78 is 26.4. The van der Waals surface area contributed by atoms with Crippen molar-refractivity contribution in [3.8, 4) is 0 Å². The predicted molar refractivity (Wildman–Crippen MR) is 66.3 cm³/mol. The third kappa shape index (κ3) is 2.43. The summed E-state index contributed by atoms with van der Waals surface area (Å²) in [5.74, 6) is 0. The zero-order chi connectivity index (χ0) is 13.4. The molecular formula is C11H19N3O3S. The van der Waals surface area contributed by atoms with E-state index in [1.165, 1.54) is 10.5 Å². The topological polar surface area (TPSA) is 86.3 Å². The van der Waals surface area contributed by atoms with E-state index in [0.29, 0.717) is 18.7 Å². The molecule has 2 N–H and O–H groups in total. The summed E-state index contributed by atoms with van der Waals surface area (Å²) in [5, 5.41) is 15.3. The highest BCUT2D eigenvalue weighted by Gasteiger charge is 2.35. The molecule has 2 rings (SSSR count). The number of aromatic nitrogens is 2. The molecule has 1 saturated heterocycles. The number of aromatic amines is 1. The monoisotopic (exact) mass is 273 g/mol. The Bertz CT molecular complexity index is 521. The van der Waals surface area contributed by atoms with Crippen LogP contribution in [-0.4, -0.2) is 41.1 Å². The summed E-state index contributed by atoms with van der Waals surface area (Å²) in [7, 11) is -3.58. The van der Waals surface area contributed by atoms with Gasteiger partial charge in [-0.1, -0.05) is 13.8 Å². The highest BCUT2D eigenvalue weighted by Crippen LogP contribution is 2.31. The van der Waals surface area contributed by atoms with Gasteiger partial charge in [0.05, 0.1) is 12.8 Å². The smallest absolute Gasteiger partial charge is 0.260 e. The van der Waals surface area contributed by atoms with Crippen LogP contribution in [0.5, 0.6) is 0 Å². The second kappa shape index (κ2) is 4.64. The molecule has 1 aromatic rings. The Hall–Kier alpha value is -0.920. The van der Waals surface area contributed by atoms with Crippen LogP contribution in [0, 0.1) is 5.41 Å². The highest BCUT2D eigenvalue weighted by molar-refractivity contribution is 7.89. The van der Waals surface area contributed by atoms with Crippen LogP contribution >= 0.6 is 0 Å². The van der Waals surface area contributed by atoms with Gasteiger partial charge in [-0.25, -0.2) is 8.42 Å². The van der Waals surface area contributed by atoms with E-state index < -0.39 is 10.0 Å². The second-order valence-corrected chi connectivity index (χ2v) is 7.36. The van der Waals surface area contributed by atoms with E-state index in [0.717, 1.165) is 12.8 Å². The zero-order valence-electron chi connectivity index (χ0n) is 10.7. The number of nitrogens with one attached hydrogen (secondary N) is 1. The molecule has 0 aromatic carbocycles. The first-order valence-electron chi connectivity index (χ1n) is 6.00. The number of hydrogen-bond acceptors (Lipinski definition) is 4. The summed E-state index contributed by atoms with van der Waals surface area (Å²) in [6, 6.07) is 0. The Balaban J connectivity index is 2.32. The van der Waals surface area contributed by atoms with Crippen LogP contribution in [-0.2, 0) is 16.6 Å². The van der Waals surface area contributed by atoms with Crippen LogP contribution in [0.1, 0.15) is 32.3 Å². The molecule has 18 heavy (non-hydrogen) atoms. The van der Waals surface area contributed by atoms with E-state index in [1.54, 1.807) is 0 Å². The van der Waals surface area contributed by atoms with E-state index in [1.807, 2.05) is 0 Å². The summed E-state index contributed by atoms with van der Waals surface area (Å²) in [6.07, 6.45) is 3.23. The molecule has 0 saturated carbocycles. The molecule has 0 atom stereocenters. The Morgan fingerprint density at radius 2 is 2.28 bits per heavy atom. The molecule has 1 fully saturated rings. The van der Waals surface area contributed by atoms with Gasteiger partial charge in [0.15, 0.2) is 5.03 Å². The Morgan fingerprint density at radius 1 is 1.56 bits per heavy atom. The van der Waals surface area contributed by atoms with Gasteiger partial charge in [0.25, 0.3) is 10.0 Å². The molecule has 1 aromatic heterocycles. The van der Waals surface area contributed by atoms with Gasteiger partial charge in [0.1, 0.15) is 0 Å². The lowest BCUT2D eigenvalue weighted by Crippen LogP contribution is -2.43. The molecule has 6 nitrogen and oxygen atoms in total. The van der Waals surface area contributed by atoms with E-state index in [-0.39, 0.29) is 17.0 Å². The van der Waals surface area contributed by atoms with E-state index >= 15 is 0 Å². The van der Waals surface area contributed by atoms with Crippen molar-refractivity contribution in [2.45, 2.75) is 38.3 Å². The standard InChI is InChI=1S/C11H19N3O3S/c1-11(2)4-3-5-14(8-11)18(16,17)10-9(7-15)6-12-13-10/h6,15H,3-5,7-8H2,1-2H3,(H,12,13). The number of aliphatic hydroxyl groups excluding tert-OH is 1. The fourth-order valence-corrected chi connectivity index (χ4v) is 4.10. The molecule has 0 amide bonds. The molecule has 2 heterocycles. The van der Waals surface area contributed by atoms with Crippen LogP contribution in [0.4, 0.5) is 0 Å². The number of rotatable bonds is 3. The first-order chi connectivity index (χ1) is 8.37. The van der Waals surface area contributed by atoms with Crippen molar-refractivity contribution in [3.05, 3.63) is 11.8 Å². The molecule has 7 heteroatoms. The number of H-pyrrole nitrogens is 1. The van der Waals surface area contributed by atoms with Gasteiger partial charge in [0, 0.05) is 18.7 Å². The highest BCUT2D eigenvalue weighted by atomic mass is 32.2. The van der Waals surface area contributed by atoms with Crippen LogP contribution in [0.3, 0.4) is 0 Å². The van der Waals surface area contributed by atoms with E-state index in [2.05, 4.69) is 24.0 Å². The van der Waals surface area contributed by atoms with Crippen molar-refractivity contribution in [1.82, 2.24) is 14.5 Å². The number of nitrogens with zero attached hydrogens (tertiary/aromatic N) is 2. The summed E-state index contributed by atoms with van der Waals surface area (Å²) in [4.78, 5) is 0. The maximum absolute atomic E-state index is 12.5. The van der Waals surface area contributed by atoms with Crippen molar-refractivity contribution < 1.29 is 13.5 Å². The number of aliphatic hydroxyl groups is 1. The number of hydrogen-bond donors (Lipinski definition) is 2. The normalized spacial score (nSPS) is 21.1. The average molecular weight is 273 g/mol. The van der Waals surface area contributed by atoms with E-state index in [9.17, 15) is 8.42 Å². The van der Waals surface area contributed by atoms with Crippen molar-refractivity contribution in [2.75, 3.05) is 13.1 Å². The SMILES string of the molecule is CC1(C)CCCN(S(=O)(=O)c2[nH]ncc2CO)C1. The van der Waals surface area contributed by atoms with Gasteiger partial charge in [-0.05, 0) is 18.3 Å². The molecule has 102 valence electrons. The van der Waals surface area contributed by atoms with Gasteiger partial charge in [-0.2, -0.15) is 9.40 Å². The number of piperidine rings is 1. The molecule has 1 aliphatic heterocycles. The minimum Gasteiger partial charge on any atom is -0.392 e. The minimum absolute atomic E-state index is 0.00921. The molecule has 1 aliphatic rings. The summed E-state index contributed by atoms with van der Waals surface area (Å²) in [5.41, 5.74) is 0.309. The first-order valence-corrected chi connectivity index (χ1v) is 7.44. The van der Waals surface area contributed by atoms with Crippen molar-refractivity contribution in [1.29, 1.82) is 0 Å². The summed E-state index contributed by atoms with van der Waals surface area (Å²) in [6.45, 7) is 4.82. The molecular weight excluding hydrogens is 254 g/mol. The molecule has 0 radical (unpaired) electrons. The lowest BCUT2D eigenvalue weighted by atomic mass is 9.85. The first kappa shape index (κ1) is 13.5. The van der Waals surface area contributed by atoms with Crippen molar-refractivity contribution in [2.24, 2.45) is 5.41 Å². The zero-order valence-corrected chi connectivity index (χ0v) is 11.5. The van der Waals surface area contributed by atoms with Gasteiger partial charge in [-0.15, -0.1) is 0 Å².